The number of allylic oxidation sites excluding steroid dienone is 2. The lowest BCUT2D eigenvalue weighted by Gasteiger charge is -2.37. The van der Waals surface area contributed by atoms with Crippen molar-refractivity contribution < 1.29 is 14.3 Å². The molecule has 128 valence electrons. The molecular formula is C20H20N2O3. The lowest BCUT2D eigenvalue weighted by molar-refractivity contribution is -0.140. The molecule has 0 radical (unpaired) electrons. The third-order valence-electron chi connectivity index (χ3n) is 6.15. The fraction of sp³-hybridized carbons (Fsp3) is 0.450. The molecule has 2 bridgehead atoms. The van der Waals surface area contributed by atoms with Gasteiger partial charge in [0.05, 0.1) is 24.7 Å². The molecule has 5 nitrogen and oxygen atoms in total. The minimum atomic E-state index is -0.191. The zero-order valence-corrected chi connectivity index (χ0v) is 14.0. The molecule has 3 fully saturated rings. The van der Waals surface area contributed by atoms with Crippen LogP contribution >= 0.6 is 0 Å². The number of rotatable bonds is 4. The summed E-state index contributed by atoms with van der Waals surface area (Å²) >= 11 is 0. The number of imide groups is 1. The molecule has 1 aromatic carbocycles. The van der Waals surface area contributed by atoms with E-state index in [4.69, 9.17) is 4.74 Å². The molecule has 0 N–H and O–H groups in total. The van der Waals surface area contributed by atoms with Crippen LogP contribution in [-0.2, 0) is 9.59 Å². The SMILES string of the molecule is CCOc1ccc(/C=N/N2C(=O)C3C4C=CC(C5CC45)C3C2=O)cc1. The molecule has 6 atom stereocenters. The first-order valence-electron chi connectivity index (χ1n) is 9.02. The van der Waals surface area contributed by atoms with Crippen molar-refractivity contribution in [3.8, 4) is 5.75 Å². The summed E-state index contributed by atoms with van der Waals surface area (Å²) in [7, 11) is 0. The smallest absolute Gasteiger partial charge is 0.254 e. The van der Waals surface area contributed by atoms with E-state index >= 15 is 0 Å². The van der Waals surface area contributed by atoms with Gasteiger partial charge in [0.25, 0.3) is 11.8 Å². The maximum Gasteiger partial charge on any atom is 0.254 e. The van der Waals surface area contributed by atoms with E-state index in [2.05, 4.69) is 17.3 Å². The molecule has 2 amide bonds. The maximum atomic E-state index is 12.8. The average molecular weight is 336 g/mol. The number of amides is 2. The molecule has 6 unspecified atom stereocenters. The Balaban J connectivity index is 1.37. The summed E-state index contributed by atoms with van der Waals surface area (Å²) in [6.07, 6.45) is 7.10. The Hall–Kier alpha value is -2.43. The predicted octanol–water partition coefficient (Wildman–Crippen LogP) is 2.47. The number of nitrogens with zero attached hydrogens (tertiary/aromatic N) is 2. The van der Waals surface area contributed by atoms with Gasteiger partial charge < -0.3 is 4.74 Å². The number of hydrazone groups is 1. The van der Waals surface area contributed by atoms with Crippen LogP contribution in [0.1, 0.15) is 18.9 Å². The summed E-state index contributed by atoms with van der Waals surface area (Å²) in [6, 6.07) is 7.45. The van der Waals surface area contributed by atoms with Crippen molar-refractivity contribution in [3.63, 3.8) is 0 Å². The highest BCUT2D eigenvalue weighted by atomic mass is 16.5. The maximum absolute atomic E-state index is 12.8. The van der Waals surface area contributed by atoms with Gasteiger partial charge in [0.1, 0.15) is 5.75 Å². The Morgan fingerprint density at radius 3 is 2.24 bits per heavy atom. The van der Waals surface area contributed by atoms with Crippen LogP contribution in [0.15, 0.2) is 41.5 Å². The first kappa shape index (κ1) is 14.9. The summed E-state index contributed by atoms with van der Waals surface area (Å²) in [4.78, 5) is 25.6. The number of ether oxygens (including phenoxy) is 1. The van der Waals surface area contributed by atoms with Crippen molar-refractivity contribution in [1.29, 1.82) is 0 Å². The van der Waals surface area contributed by atoms with Crippen LogP contribution in [0.5, 0.6) is 5.75 Å². The lowest BCUT2D eigenvalue weighted by Crippen LogP contribution is -2.40. The number of hydrogen-bond acceptors (Lipinski definition) is 4. The molecule has 6 rings (SSSR count). The van der Waals surface area contributed by atoms with Gasteiger partial charge in [0, 0.05) is 0 Å². The molecule has 1 aliphatic heterocycles. The van der Waals surface area contributed by atoms with E-state index < -0.39 is 0 Å². The standard InChI is InChI=1S/C20H20N2O3/c1-2-25-12-5-3-11(4-6-12)10-21-22-19(23)17-13-7-8-14(16-9-15(13)16)18(17)20(22)24/h3-8,10,13-18H,2,9H2,1H3/b21-10+. The zero-order valence-electron chi connectivity index (χ0n) is 14.0. The Bertz CT molecular complexity index is 762. The van der Waals surface area contributed by atoms with Gasteiger partial charge in [0.15, 0.2) is 0 Å². The van der Waals surface area contributed by atoms with Crippen LogP contribution in [0.4, 0.5) is 0 Å². The fourth-order valence-electron chi connectivity index (χ4n) is 5.00. The largest absolute Gasteiger partial charge is 0.494 e. The highest BCUT2D eigenvalue weighted by molar-refractivity contribution is 6.06. The molecule has 5 aliphatic rings. The molecule has 25 heavy (non-hydrogen) atoms. The van der Waals surface area contributed by atoms with E-state index in [1.165, 1.54) is 6.42 Å². The van der Waals surface area contributed by atoms with E-state index in [-0.39, 0.29) is 35.5 Å². The first-order chi connectivity index (χ1) is 12.2. The average Bonchev–Trinajstić information content (AvgIpc) is 3.41. The van der Waals surface area contributed by atoms with Gasteiger partial charge in [-0.2, -0.15) is 10.1 Å². The van der Waals surface area contributed by atoms with Crippen molar-refractivity contribution in [3.05, 3.63) is 42.0 Å². The summed E-state index contributed by atoms with van der Waals surface area (Å²) < 4.78 is 5.41. The second-order valence-electron chi connectivity index (χ2n) is 7.39. The Labute approximate surface area is 146 Å². The third kappa shape index (κ3) is 2.11. The summed E-state index contributed by atoms with van der Waals surface area (Å²) in [5.74, 6) is 1.87. The van der Waals surface area contributed by atoms with Crippen LogP contribution in [0.3, 0.4) is 0 Å². The van der Waals surface area contributed by atoms with Crippen LogP contribution in [-0.4, -0.2) is 29.6 Å². The topological polar surface area (TPSA) is 59.0 Å². The molecule has 4 aliphatic carbocycles. The second-order valence-corrected chi connectivity index (χ2v) is 7.39. The van der Waals surface area contributed by atoms with Gasteiger partial charge in [0.2, 0.25) is 0 Å². The van der Waals surface area contributed by atoms with Crippen LogP contribution in [0.25, 0.3) is 0 Å². The molecule has 1 heterocycles. The number of benzene rings is 1. The summed E-state index contributed by atoms with van der Waals surface area (Å²) in [5.41, 5.74) is 0.836. The van der Waals surface area contributed by atoms with Crippen LogP contribution < -0.4 is 4.74 Å². The highest BCUT2D eigenvalue weighted by Gasteiger charge is 2.67. The van der Waals surface area contributed by atoms with E-state index in [0.29, 0.717) is 18.4 Å². The fourth-order valence-corrected chi connectivity index (χ4v) is 5.00. The quantitative estimate of drug-likeness (QED) is 0.482. The predicted molar refractivity (Wildman–Crippen MR) is 91.8 cm³/mol. The second kappa shape index (κ2) is 5.28. The molecule has 1 aromatic rings. The minimum absolute atomic E-state index is 0.123. The van der Waals surface area contributed by atoms with Crippen LogP contribution in [0.2, 0.25) is 0 Å². The minimum Gasteiger partial charge on any atom is -0.494 e. The molecule has 0 spiro atoms. The van der Waals surface area contributed by atoms with Gasteiger partial charge >= 0.3 is 0 Å². The number of carbonyl (C=O) groups excluding carboxylic acids is 2. The number of carbonyl (C=O) groups is 2. The van der Waals surface area contributed by atoms with Gasteiger partial charge in [-0.15, -0.1) is 0 Å². The van der Waals surface area contributed by atoms with Crippen molar-refractivity contribution >= 4 is 18.0 Å². The number of hydrogen-bond donors (Lipinski definition) is 0. The normalized spacial score (nSPS) is 37.6. The first-order valence-corrected chi connectivity index (χ1v) is 9.02. The van der Waals surface area contributed by atoms with Gasteiger partial charge in [-0.05, 0) is 66.8 Å². The van der Waals surface area contributed by atoms with Gasteiger partial charge in [-0.1, -0.05) is 12.2 Å². The van der Waals surface area contributed by atoms with Crippen molar-refractivity contribution in [2.24, 2.45) is 40.6 Å². The summed E-state index contributed by atoms with van der Waals surface area (Å²) in [6.45, 7) is 2.55. The molecule has 5 heteroatoms. The van der Waals surface area contributed by atoms with Crippen molar-refractivity contribution in [1.82, 2.24) is 5.01 Å². The monoisotopic (exact) mass is 336 g/mol. The van der Waals surface area contributed by atoms with Gasteiger partial charge in [-0.3, -0.25) is 9.59 Å². The summed E-state index contributed by atoms with van der Waals surface area (Å²) in [5, 5.41) is 5.35. The Morgan fingerprint density at radius 2 is 1.68 bits per heavy atom. The molecular weight excluding hydrogens is 316 g/mol. The Kier molecular flexibility index (Phi) is 3.14. The van der Waals surface area contributed by atoms with E-state index in [9.17, 15) is 9.59 Å². The lowest BCUT2D eigenvalue weighted by atomic mass is 9.63. The zero-order chi connectivity index (χ0) is 17.1. The van der Waals surface area contributed by atoms with E-state index in [1.807, 2.05) is 31.2 Å². The van der Waals surface area contributed by atoms with Crippen molar-refractivity contribution in [2.45, 2.75) is 13.3 Å². The van der Waals surface area contributed by atoms with Gasteiger partial charge in [-0.25, -0.2) is 0 Å². The molecule has 2 saturated carbocycles. The van der Waals surface area contributed by atoms with E-state index in [0.717, 1.165) is 16.3 Å². The van der Waals surface area contributed by atoms with Crippen molar-refractivity contribution in [2.75, 3.05) is 6.61 Å². The Morgan fingerprint density at radius 1 is 1.08 bits per heavy atom. The molecule has 1 saturated heterocycles. The molecule has 0 aromatic heterocycles. The highest BCUT2D eigenvalue weighted by Crippen LogP contribution is 2.65. The third-order valence-corrected chi connectivity index (χ3v) is 6.15. The van der Waals surface area contributed by atoms with Crippen LogP contribution in [0, 0.1) is 35.5 Å². The van der Waals surface area contributed by atoms with E-state index in [1.54, 1.807) is 6.21 Å².